The van der Waals surface area contributed by atoms with Crippen LogP contribution in [0.2, 0.25) is 0 Å². The Morgan fingerprint density at radius 2 is 1.42 bits per heavy atom. The summed E-state index contributed by atoms with van der Waals surface area (Å²) in [5, 5.41) is 17.2. The summed E-state index contributed by atoms with van der Waals surface area (Å²) in [6.45, 7) is 1.87. The van der Waals surface area contributed by atoms with Gasteiger partial charge in [-0.25, -0.2) is 27.0 Å². The second kappa shape index (κ2) is 17.5. The molecule has 0 aliphatic rings. The summed E-state index contributed by atoms with van der Waals surface area (Å²) in [7, 11) is -7.90. The molecule has 0 spiro atoms. The zero-order chi connectivity index (χ0) is 32.9. The van der Waals surface area contributed by atoms with Gasteiger partial charge in [0.05, 0.1) is 22.6 Å². The number of hydrogen-bond acceptors (Lipinski definition) is 8. The molecule has 0 radical (unpaired) electrons. The fourth-order valence-corrected chi connectivity index (χ4v) is 8.94. The minimum Gasteiger partial charge on any atom is -0.392 e. The quantitative estimate of drug-likeness (QED) is 0.113. The standard InChI is InChI=1S/C33H49N3O6S3/c1-3-4-5-6-7-8-9-10-11-12-13-14-21-33(44(2,39)40,31(38)35-22-23-45(34,41)42)32-36-29-20-19-28(24-30(29)43-32)27-17-15-26(25-37)16-18-27/h15-20,24,37H,3-14,21-23,25H2,1-2H3,(H,35,38)(H2,34,41,42). The van der Waals surface area contributed by atoms with Crippen LogP contribution in [0.1, 0.15) is 101 Å². The van der Waals surface area contributed by atoms with Crippen molar-refractivity contribution in [2.24, 2.45) is 5.14 Å². The van der Waals surface area contributed by atoms with E-state index in [1.54, 1.807) is 6.07 Å². The van der Waals surface area contributed by atoms with Crippen LogP contribution in [0, 0.1) is 0 Å². The number of nitrogens with one attached hydrogen (secondary N) is 1. The van der Waals surface area contributed by atoms with Gasteiger partial charge in [-0.05, 0) is 35.2 Å². The van der Waals surface area contributed by atoms with Crippen LogP contribution in [0.15, 0.2) is 42.5 Å². The number of primary sulfonamides is 1. The molecular formula is C33H49N3O6S3. The number of unbranched alkanes of at least 4 members (excludes halogenated alkanes) is 11. The van der Waals surface area contributed by atoms with Crippen molar-refractivity contribution in [1.29, 1.82) is 0 Å². The lowest BCUT2D eigenvalue weighted by atomic mass is 9.98. The average Bonchev–Trinajstić information content (AvgIpc) is 3.42. The van der Waals surface area contributed by atoms with Gasteiger partial charge in [0.25, 0.3) is 0 Å². The Morgan fingerprint density at radius 3 is 1.96 bits per heavy atom. The number of thiazole rings is 1. The van der Waals surface area contributed by atoms with Crippen molar-refractivity contribution < 1.29 is 26.7 Å². The molecule has 9 nitrogen and oxygen atoms in total. The van der Waals surface area contributed by atoms with Crippen molar-refractivity contribution in [2.45, 2.75) is 102 Å². The van der Waals surface area contributed by atoms with Crippen LogP contribution in [0.25, 0.3) is 21.3 Å². The van der Waals surface area contributed by atoms with Gasteiger partial charge in [0.1, 0.15) is 5.01 Å². The fraction of sp³-hybridized carbons (Fsp3) is 0.576. The molecule has 3 rings (SSSR count). The number of carbonyl (C=O) groups is 1. The first-order valence-electron chi connectivity index (χ1n) is 16.0. The second-order valence-electron chi connectivity index (χ2n) is 11.9. The number of aliphatic hydroxyl groups excluding tert-OH is 1. The van der Waals surface area contributed by atoms with E-state index in [-0.39, 0.29) is 24.6 Å². The number of benzene rings is 2. The minimum atomic E-state index is -4.05. The molecule has 0 bridgehead atoms. The van der Waals surface area contributed by atoms with Crippen molar-refractivity contribution in [3.63, 3.8) is 0 Å². The van der Waals surface area contributed by atoms with E-state index in [9.17, 15) is 26.7 Å². The molecule has 2 aromatic carbocycles. The van der Waals surface area contributed by atoms with Crippen LogP contribution in [-0.2, 0) is 36.0 Å². The van der Waals surface area contributed by atoms with Gasteiger partial charge in [0.15, 0.2) is 9.84 Å². The summed E-state index contributed by atoms with van der Waals surface area (Å²) in [5.41, 5.74) is 3.19. The maximum Gasteiger partial charge on any atom is 0.248 e. The molecule has 1 unspecified atom stereocenters. The van der Waals surface area contributed by atoms with Crippen LogP contribution in [0.4, 0.5) is 0 Å². The highest BCUT2D eigenvalue weighted by atomic mass is 32.2. The molecule has 0 saturated carbocycles. The van der Waals surface area contributed by atoms with Crippen molar-refractivity contribution in [3.05, 3.63) is 53.0 Å². The molecule has 45 heavy (non-hydrogen) atoms. The number of carbonyl (C=O) groups excluding carboxylic acids is 1. The van der Waals surface area contributed by atoms with Gasteiger partial charge >= 0.3 is 0 Å². The Labute approximate surface area is 273 Å². The predicted molar refractivity (Wildman–Crippen MR) is 184 cm³/mol. The summed E-state index contributed by atoms with van der Waals surface area (Å²) in [5.74, 6) is -1.29. The lowest BCUT2D eigenvalue weighted by Crippen LogP contribution is -2.50. The first kappa shape index (κ1) is 37.1. The number of sulfonamides is 1. The lowest BCUT2D eigenvalue weighted by Gasteiger charge is -2.29. The van der Waals surface area contributed by atoms with Crippen LogP contribution >= 0.6 is 11.3 Å². The largest absolute Gasteiger partial charge is 0.392 e. The summed E-state index contributed by atoms with van der Waals surface area (Å²) < 4.78 is 48.9. The van der Waals surface area contributed by atoms with E-state index in [2.05, 4.69) is 17.2 Å². The Hall–Kier alpha value is -2.38. The van der Waals surface area contributed by atoms with Gasteiger partial charge in [0, 0.05) is 12.8 Å². The molecule has 1 aromatic heterocycles. The van der Waals surface area contributed by atoms with Crippen LogP contribution < -0.4 is 10.5 Å². The normalized spacial score (nSPS) is 13.6. The SMILES string of the molecule is CCCCCCCCCCCCCCC(C(=O)NCCS(N)(=O)=O)(c1nc2ccc(-c3ccc(CO)cc3)cc2s1)S(C)(=O)=O. The van der Waals surface area contributed by atoms with Crippen LogP contribution in [0.5, 0.6) is 0 Å². The number of amides is 1. The van der Waals surface area contributed by atoms with E-state index in [0.29, 0.717) is 11.9 Å². The molecule has 4 N–H and O–H groups in total. The van der Waals surface area contributed by atoms with Gasteiger partial charge in [-0.2, -0.15) is 0 Å². The van der Waals surface area contributed by atoms with Gasteiger partial charge in [-0.15, -0.1) is 11.3 Å². The van der Waals surface area contributed by atoms with Crippen LogP contribution in [0.3, 0.4) is 0 Å². The number of aromatic nitrogens is 1. The number of nitrogens with two attached hydrogens (primary N) is 1. The second-order valence-corrected chi connectivity index (χ2v) is 16.9. The summed E-state index contributed by atoms with van der Waals surface area (Å²) in [6, 6.07) is 13.1. The Kier molecular flexibility index (Phi) is 14.4. The molecule has 0 aliphatic carbocycles. The Morgan fingerprint density at radius 1 is 0.867 bits per heavy atom. The van der Waals surface area contributed by atoms with Crippen molar-refractivity contribution in [1.82, 2.24) is 10.3 Å². The molecule has 3 aromatic rings. The monoisotopic (exact) mass is 679 g/mol. The number of hydrogen-bond donors (Lipinski definition) is 3. The molecule has 12 heteroatoms. The fourth-order valence-electron chi connectivity index (χ4n) is 5.57. The zero-order valence-electron chi connectivity index (χ0n) is 26.6. The molecule has 1 atom stereocenters. The number of aliphatic hydroxyl groups is 1. The van der Waals surface area contributed by atoms with Crippen molar-refractivity contribution in [2.75, 3.05) is 18.6 Å². The highest BCUT2D eigenvalue weighted by Crippen LogP contribution is 2.41. The lowest BCUT2D eigenvalue weighted by molar-refractivity contribution is -0.124. The molecule has 1 heterocycles. The average molecular weight is 680 g/mol. The first-order chi connectivity index (χ1) is 21.4. The Bertz CT molecular complexity index is 1590. The minimum absolute atomic E-state index is 0.0414. The number of fused-ring (bicyclic) bond motifs is 1. The Balaban J connectivity index is 1.79. The van der Waals surface area contributed by atoms with Gasteiger partial charge < -0.3 is 10.4 Å². The highest BCUT2D eigenvalue weighted by Gasteiger charge is 2.51. The molecule has 0 aliphatic heterocycles. The van der Waals surface area contributed by atoms with Crippen LogP contribution in [-0.4, -0.2) is 51.4 Å². The molecule has 0 saturated heterocycles. The van der Waals surface area contributed by atoms with Gasteiger partial charge in [-0.3, -0.25) is 4.79 Å². The topological polar surface area (TPSA) is 157 Å². The third kappa shape index (κ3) is 10.8. The van der Waals surface area contributed by atoms with E-state index in [1.165, 1.54) is 56.3 Å². The number of sulfone groups is 1. The van der Waals surface area contributed by atoms with Crippen molar-refractivity contribution >= 4 is 47.3 Å². The summed E-state index contributed by atoms with van der Waals surface area (Å²) in [6.07, 6.45) is 14.4. The molecule has 0 fully saturated rings. The summed E-state index contributed by atoms with van der Waals surface area (Å²) >= 11 is 1.17. The van der Waals surface area contributed by atoms with E-state index in [0.717, 1.165) is 53.3 Å². The van der Waals surface area contributed by atoms with Crippen molar-refractivity contribution in [3.8, 4) is 11.1 Å². The predicted octanol–water partition coefficient (Wildman–Crippen LogP) is 6.19. The maximum atomic E-state index is 13.8. The molecular weight excluding hydrogens is 631 g/mol. The molecule has 1 amide bonds. The highest BCUT2D eigenvalue weighted by molar-refractivity contribution is 7.92. The van der Waals surface area contributed by atoms with Gasteiger partial charge in [0.2, 0.25) is 20.7 Å². The van der Waals surface area contributed by atoms with E-state index >= 15 is 0 Å². The summed E-state index contributed by atoms with van der Waals surface area (Å²) in [4.78, 5) is 18.4. The van der Waals surface area contributed by atoms with Gasteiger partial charge in [-0.1, -0.05) is 114 Å². The smallest absolute Gasteiger partial charge is 0.248 e. The first-order valence-corrected chi connectivity index (χ1v) is 20.4. The van der Waals surface area contributed by atoms with E-state index in [4.69, 9.17) is 5.14 Å². The number of rotatable bonds is 21. The number of nitrogens with zero attached hydrogens (tertiary/aromatic N) is 1. The van der Waals surface area contributed by atoms with E-state index in [1.807, 2.05) is 36.4 Å². The third-order valence-electron chi connectivity index (χ3n) is 8.26. The van der Waals surface area contributed by atoms with E-state index < -0.39 is 36.3 Å². The maximum absolute atomic E-state index is 13.8. The zero-order valence-corrected chi connectivity index (χ0v) is 29.0. The molecule has 250 valence electrons. The third-order valence-corrected chi connectivity index (χ3v) is 12.2.